The van der Waals surface area contributed by atoms with Crippen molar-refractivity contribution in [1.82, 2.24) is 9.66 Å². The second-order valence-corrected chi connectivity index (χ2v) is 9.96. The molecule has 0 amide bonds. The Kier molecular flexibility index (Phi) is 6.80. The highest BCUT2D eigenvalue weighted by atomic mass is 35.5. The van der Waals surface area contributed by atoms with Gasteiger partial charge in [-0.2, -0.15) is 0 Å². The standard InChI is InChI=1S/C28H24ClN3O5S/c1-33-24-13-22(36-16-18-9-6-10-19(11-18)35-15-17-7-4-3-5-8-17)20-12-23(37-26(20)25(24)29)21-14-32-27(30-21)38-28(31-32)34-2/h3-14,28,31H,15-16H2,1-2H3. The Labute approximate surface area is 228 Å². The average molecular weight is 550 g/mol. The van der Waals surface area contributed by atoms with Gasteiger partial charge in [0.2, 0.25) is 0 Å². The average Bonchev–Trinajstić information content (AvgIpc) is 3.66. The quantitative estimate of drug-likeness (QED) is 0.218. The molecule has 0 bridgehead atoms. The van der Waals surface area contributed by atoms with Crippen LogP contribution in [0.1, 0.15) is 11.1 Å². The Bertz CT molecular complexity index is 1560. The van der Waals surface area contributed by atoms with Gasteiger partial charge in [-0.05, 0) is 41.1 Å². The molecule has 5 aromatic rings. The summed E-state index contributed by atoms with van der Waals surface area (Å²) in [5.41, 5.74) is 6.21. The van der Waals surface area contributed by atoms with Gasteiger partial charge >= 0.3 is 0 Å². The first kappa shape index (κ1) is 24.5. The molecular formula is C28H24ClN3O5S. The first-order valence-corrected chi connectivity index (χ1v) is 13.1. The molecule has 1 unspecified atom stereocenters. The number of aromatic nitrogens is 2. The van der Waals surface area contributed by atoms with Gasteiger partial charge in [0, 0.05) is 13.2 Å². The molecule has 0 radical (unpaired) electrons. The summed E-state index contributed by atoms with van der Waals surface area (Å²) in [5, 5.41) is 1.88. The number of hydrogen-bond acceptors (Lipinski definition) is 8. The van der Waals surface area contributed by atoms with Crippen LogP contribution in [-0.4, -0.2) is 29.4 Å². The van der Waals surface area contributed by atoms with E-state index in [1.54, 1.807) is 20.3 Å². The van der Waals surface area contributed by atoms with E-state index < -0.39 is 0 Å². The molecule has 10 heteroatoms. The normalized spacial score (nSPS) is 14.3. The maximum Gasteiger partial charge on any atom is 0.196 e. The number of nitrogens with zero attached hydrogens (tertiary/aromatic N) is 2. The molecule has 3 aromatic carbocycles. The molecular weight excluding hydrogens is 526 g/mol. The van der Waals surface area contributed by atoms with Crippen LogP contribution >= 0.6 is 23.4 Å². The number of methoxy groups -OCH3 is 2. The van der Waals surface area contributed by atoms with E-state index in [9.17, 15) is 0 Å². The molecule has 0 saturated heterocycles. The van der Waals surface area contributed by atoms with Gasteiger partial charge in [-0.1, -0.05) is 54.1 Å². The van der Waals surface area contributed by atoms with Crippen LogP contribution < -0.4 is 19.6 Å². The monoisotopic (exact) mass is 549 g/mol. The topological polar surface area (TPSA) is 79.9 Å². The summed E-state index contributed by atoms with van der Waals surface area (Å²) in [5.74, 6) is 2.39. The van der Waals surface area contributed by atoms with Crippen LogP contribution in [0.5, 0.6) is 17.2 Å². The van der Waals surface area contributed by atoms with Crippen molar-refractivity contribution >= 4 is 34.3 Å². The Morgan fingerprint density at radius 3 is 2.58 bits per heavy atom. The first-order valence-electron chi connectivity index (χ1n) is 11.9. The molecule has 6 rings (SSSR count). The van der Waals surface area contributed by atoms with E-state index in [0.29, 0.717) is 46.8 Å². The minimum Gasteiger partial charge on any atom is -0.495 e. The minimum atomic E-state index is -0.178. The van der Waals surface area contributed by atoms with Gasteiger partial charge in [-0.25, -0.2) is 9.66 Å². The van der Waals surface area contributed by atoms with Crippen LogP contribution in [0.25, 0.3) is 22.4 Å². The van der Waals surface area contributed by atoms with Gasteiger partial charge in [0.05, 0.1) is 18.7 Å². The predicted octanol–water partition coefficient (Wildman–Crippen LogP) is 6.70. The smallest absolute Gasteiger partial charge is 0.196 e. The number of nitrogens with one attached hydrogen (secondary N) is 1. The molecule has 0 fully saturated rings. The van der Waals surface area contributed by atoms with E-state index in [0.717, 1.165) is 27.4 Å². The van der Waals surface area contributed by atoms with Crippen molar-refractivity contribution in [3.63, 3.8) is 0 Å². The van der Waals surface area contributed by atoms with E-state index in [1.165, 1.54) is 11.8 Å². The summed E-state index contributed by atoms with van der Waals surface area (Å²) in [6.45, 7) is 0.816. The van der Waals surface area contributed by atoms with Gasteiger partial charge in [-0.15, -0.1) is 0 Å². The van der Waals surface area contributed by atoms with Gasteiger partial charge in [-0.3, -0.25) is 5.43 Å². The van der Waals surface area contributed by atoms with Crippen LogP contribution in [-0.2, 0) is 18.0 Å². The third-order valence-corrected chi connectivity index (χ3v) is 7.40. The van der Waals surface area contributed by atoms with Crippen molar-refractivity contribution in [3.8, 4) is 28.7 Å². The zero-order valence-corrected chi connectivity index (χ0v) is 22.2. The summed E-state index contributed by atoms with van der Waals surface area (Å²) in [6.07, 6.45) is 1.85. The molecule has 3 heterocycles. The lowest BCUT2D eigenvalue weighted by molar-refractivity contribution is 0.187. The molecule has 1 N–H and O–H groups in total. The van der Waals surface area contributed by atoms with E-state index in [1.807, 2.05) is 71.5 Å². The van der Waals surface area contributed by atoms with Gasteiger partial charge < -0.3 is 23.4 Å². The summed E-state index contributed by atoms with van der Waals surface area (Å²) in [6, 6.07) is 21.6. The van der Waals surface area contributed by atoms with Crippen LogP contribution in [0.2, 0.25) is 5.02 Å². The molecule has 8 nitrogen and oxygen atoms in total. The van der Waals surface area contributed by atoms with Crippen LogP contribution in [0.15, 0.2) is 82.5 Å². The minimum absolute atomic E-state index is 0.178. The van der Waals surface area contributed by atoms with Gasteiger partial charge in [0.15, 0.2) is 22.1 Å². The molecule has 194 valence electrons. The predicted molar refractivity (Wildman–Crippen MR) is 147 cm³/mol. The Balaban J connectivity index is 1.24. The Hall–Kier alpha value is -3.79. The third-order valence-electron chi connectivity index (χ3n) is 6.03. The molecule has 0 aliphatic carbocycles. The highest BCUT2D eigenvalue weighted by Gasteiger charge is 2.26. The molecule has 1 atom stereocenters. The second kappa shape index (κ2) is 10.5. The lowest BCUT2D eigenvalue weighted by Crippen LogP contribution is -2.19. The fourth-order valence-corrected chi connectivity index (χ4v) is 5.22. The summed E-state index contributed by atoms with van der Waals surface area (Å²) < 4.78 is 31.0. The van der Waals surface area contributed by atoms with Crippen LogP contribution in [0.3, 0.4) is 0 Å². The largest absolute Gasteiger partial charge is 0.495 e. The number of fused-ring (bicyclic) bond motifs is 2. The fourth-order valence-electron chi connectivity index (χ4n) is 4.12. The number of thioether (sulfide) groups is 1. The number of ether oxygens (including phenoxy) is 4. The van der Waals surface area contributed by atoms with Crippen LogP contribution in [0.4, 0.5) is 0 Å². The molecule has 0 saturated carbocycles. The van der Waals surface area contributed by atoms with E-state index in [2.05, 4.69) is 10.4 Å². The first-order chi connectivity index (χ1) is 18.6. The maximum absolute atomic E-state index is 6.60. The summed E-state index contributed by atoms with van der Waals surface area (Å²) >= 11 is 8.08. The molecule has 1 aliphatic heterocycles. The zero-order chi connectivity index (χ0) is 26.1. The molecule has 38 heavy (non-hydrogen) atoms. The maximum atomic E-state index is 6.60. The van der Waals surface area contributed by atoms with Gasteiger partial charge in [0.25, 0.3) is 0 Å². The Morgan fingerprint density at radius 2 is 1.79 bits per heavy atom. The number of halogens is 1. The van der Waals surface area contributed by atoms with Crippen molar-refractivity contribution in [2.24, 2.45) is 0 Å². The Morgan fingerprint density at radius 1 is 0.974 bits per heavy atom. The van der Waals surface area contributed by atoms with Crippen molar-refractivity contribution in [3.05, 3.63) is 89.1 Å². The number of furan rings is 1. The van der Waals surface area contributed by atoms with Crippen molar-refractivity contribution in [2.45, 2.75) is 23.9 Å². The highest BCUT2D eigenvalue weighted by Crippen LogP contribution is 2.43. The molecule has 0 spiro atoms. The highest BCUT2D eigenvalue weighted by molar-refractivity contribution is 7.99. The van der Waals surface area contributed by atoms with Crippen molar-refractivity contribution < 1.29 is 23.4 Å². The summed E-state index contributed by atoms with van der Waals surface area (Å²) in [7, 11) is 3.20. The fraction of sp³-hybridized carbons (Fsp3) is 0.179. The third kappa shape index (κ3) is 4.88. The number of imidazole rings is 1. The summed E-state index contributed by atoms with van der Waals surface area (Å²) in [4.78, 5) is 4.66. The second-order valence-electron chi connectivity index (χ2n) is 8.55. The SMILES string of the molecule is COc1cc(OCc2cccc(OCc3ccccc3)c2)c2cc(-c3cn4c(n3)SC(OC)N4)oc2c1Cl. The lowest BCUT2D eigenvalue weighted by Gasteiger charge is -2.12. The lowest BCUT2D eigenvalue weighted by atomic mass is 10.2. The van der Waals surface area contributed by atoms with Crippen molar-refractivity contribution in [1.29, 1.82) is 0 Å². The van der Waals surface area contributed by atoms with E-state index >= 15 is 0 Å². The zero-order valence-electron chi connectivity index (χ0n) is 20.6. The number of benzene rings is 3. The van der Waals surface area contributed by atoms with Crippen molar-refractivity contribution in [2.75, 3.05) is 19.6 Å². The van der Waals surface area contributed by atoms with Gasteiger partial charge in [0.1, 0.15) is 41.2 Å². The number of hydrogen-bond donors (Lipinski definition) is 1. The molecule has 1 aliphatic rings. The van der Waals surface area contributed by atoms with Crippen LogP contribution in [0, 0.1) is 0 Å². The van der Waals surface area contributed by atoms with E-state index in [-0.39, 0.29) is 5.56 Å². The number of rotatable bonds is 9. The molecule has 2 aromatic heterocycles. The van der Waals surface area contributed by atoms with E-state index in [4.69, 9.17) is 35.0 Å².